The quantitative estimate of drug-likeness (QED) is 0.886. The normalized spacial score (nSPS) is 17.1. The van der Waals surface area contributed by atoms with Crippen LogP contribution in [0.2, 0.25) is 0 Å². The van der Waals surface area contributed by atoms with Gasteiger partial charge in [-0.15, -0.1) is 0 Å². The predicted molar refractivity (Wildman–Crippen MR) is 78.0 cm³/mol. The lowest BCUT2D eigenvalue weighted by atomic mass is 9.97. The van der Waals surface area contributed by atoms with Crippen molar-refractivity contribution in [2.24, 2.45) is 5.92 Å². The number of carbonyl (C=O) groups is 1. The van der Waals surface area contributed by atoms with Crippen molar-refractivity contribution in [3.05, 3.63) is 40.3 Å². The molecule has 0 saturated carbocycles. The number of aliphatic carboxylic acids is 1. The van der Waals surface area contributed by atoms with Gasteiger partial charge in [0.25, 0.3) is 5.56 Å². The molecule has 0 amide bonds. The van der Waals surface area contributed by atoms with E-state index < -0.39 is 5.97 Å². The van der Waals surface area contributed by atoms with Gasteiger partial charge in [-0.3, -0.25) is 14.5 Å². The predicted octanol–water partition coefficient (Wildman–Crippen LogP) is 1.22. The number of carboxylic acid groups (broad SMARTS) is 1. The van der Waals surface area contributed by atoms with Crippen LogP contribution in [0.25, 0.3) is 11.0 Å². The molecular formula is C15H17N3O3. The molecule has 6 nitrogen and oxygen atoms in total. The molecule has 110 valence electrons. The minimum atomic E-state index is -0.726. The molecule has 0 spiro atoms. The Balaban J connectivity index is 1.75. The Kier molecular flexibility index (Phi) is 3.70. The van der Waals surface area contributed by atoms with E-state index in [4.69, 9.17) is 5.11 Å². The molecule has 2 heterocycles. The summed E-state index contributed by atoms with van der Waals surface area (Å²) in [5, 5.41) is 8.99. The van der Waals surface area contributed by atoms with E-state index >= 15 is 0 Å². The molecule has 1 saturated heterocycles. The first-order chi connectivity index (χ1) is 10.1. The molecular weight excluding hydrogens is 270 g/mol. The van der Waals surface area contributed by atoms with Crippen LogP contribution in [0, 0.1) is 5.92 Å². The van der Waals surface area contributed by atoms with Crippen molar-refractivity contribution in [1.29, 1.82) is 0 Å². The Morgan fingerprint density at radius 3 is 2.76 bits per heavy atom. The van der Waals surface area contributed by atoms with Gasteiger partial charge in [-0.25, -0.2) is 4.98 Å². The average molecular weight is 287 g/mol. The third kappa shape index (κ3) is 2.95. The second-order valence-corrected chi connectivity index (χ2v) is 5.42. The van der Waals surface area contributed by atoms with Gasteiger partial charge in [0.1, 0.15) is 5.69 Å². The first-order valence-corrected chi connectivity index (χ1v) is 7.06. The Bertz CT molecular complexity index is 717. The second-order valence-electron chi connectivity index (χ2n) is 5.42. The van der Waals surface area contributed by atoms with Crippen molar-refractivity contribution in [3.63, 3.8) is 0 Å². The van der Waals surface area contributed by atoms with Crippen molar-refractivity contribution in [3.8, 4) is 0 Å². The minimum absolute atomic E-state index is 0.172. The number of nitrogens with one attached hydrogen (secondary N) is 1. The standard InChI is InChI=1S/C15H17N3O3/c19-14-13(16-11-3-1-2-4-12(11)17-14)9-18-7-5-10(6-8-18)15(20)21/h1-4,10H,5-9H2,(H,17,19)(H,20,21). The fraction of sp³-hybridized carbons (Fsp3) is 0.400. The summed E-state index contributed by atoms with van der Waals surface area (Å²) in [4.78, 5) is 32.3. The van der Waals surface area contributed by atoms with E-state index in [1.54, 1.807) is 0 Å². The van der Waals surface area contributed by atoms with Crippen LogP contribution in [0.3, 0.4) is 0 Å². The van der Waals surface area contributed by atoms with Crippen LogP contribution in [0.15, 0.2) is 29.1 Å². The molecule has 2 N–H and O–H groups in total. The number of benzene rings is 1. The van der Waals surface area contributed by atoms with Crippen LogP contribution in [-0.2, 0) is 11.3 Å². The van der Waals surface area contributed by atoms with Gasteiger partial charge in [0, 0.05) is 6.54 Å². The summed E-state index contributed by atoms with van der Waals surface area (Å²) in [5.41, 5.74) is 1.82. The van der Waals surface area contributed by atoms with E-state index in [0.29, 0.717) is 38.2 Å². The number of hydrogen-bond donors (Lipinski definition) is 2. The maximum Gasteiger partial charge on any atom is 0.306 e. The monoisotopic (exact) mass is 287 g/mol. The number of aromatic nitrogens is 2. The summed E-state index contributed by atoms with van der Waals surface area (Å²) in [6, 6.07) is 7.43. The van der Waals surface area contributed by atoms with Gasteiger partial charge in [-0.05, 0) is 38.1 Å². The van der Waals surface area contributed by atoms with E-state index in [2.05, 4.69) is 14.9 Å². The number of rotatable bonds is 3. The molecule has 0 bridgehead atoms. The van der Waals surface area contributed by atoms with Gasteiger partial charge in [-0.2, -0.15) is 0 Å². The van der Waals surface area contributed by atoms with Gasteiger partial charge in [0.05, 0.1) is 17.0 Å². The number of hydrogen-bond acceptors (Lipinski definition) is 4. The fourth-order valence-electron chi connectivity index (χ4n) is 2.72. The minimum Gasteiger partial charge on any atom is -0.481 e. The van der Waals surface area contributed by atoms with Gasteiger partial charge in [0.15, 0.2) is 0 Å². The summed E-state index contributed by atoms with van der Waals surface area (Å²) in [6.45, 7) is 1.84. The fourth-order valence-corrected chi connectivity index (χ4v) is 2.72. The first kappa shape index (κ1) is 13.8. The van der Waals surface area contributed by atoms with E-state index in [1.807, 2.05) is 24.3 Å². The lowest BCUT2D eigenvalue weighted by Gasteiger charge is -2.29. The van der Waals surface area contributed by atoms with Gasteiger partial charge < -0.3 is 10.1 Å². The summed E-state index contributed by atoms with van der Waals surface area (Å²) >= 11 is 0. The van der Waals surface area contributed by atoms with Crippen LogP contribution in [0.4, 0.5) is 0 Å². The number of carboxylic acids is 1. The van der Waals surface area contributed by atoms with Crippen LogP contribution in [0.1, 0.15) is 18.5 Å². The number of H-pyrrole nitrogens is 1. The third-order valence-electron chi connectivity index (χ3n) is 3.98. The second kappa shape index (κ2) is 5.65. The topological polar surface area (TPSA) is 86.3 Å². The highest BCUT2D eigenvalue weighted by atomic mass is 16.4. The zero-order valence-corrected chi connectivity index (χ0v) is 11.6. The highest BCUT2D eigenvalue weighted by molar-refractivity contribution is 5.73. The average Bonchev–Trinajstić information content (AvgIpc) is 2.48. The van der Waals surface area contributed by atoms with E-state index in [9.17, 15) is 9.59 Å². The summed E-state index contributed by atoms with van der Waals surface area (Å²) in [5.74, 6) is -0.986. The lowest BCUT2D eigenvalue weighted by molar-refractivity contribution is -0.143. The van der Waals surface area contributed by atoms with E-state index in [0.717, 1.165) is 11.0 Å². The van der Waals surface area contributed by atoms with Crippen LogP contribution >= 0.6 is 0 Å². The molecule has 0 atom stereocenters. The van der Waals surface area contributed by atoms with Crippen molar-refractivity contribution in [2.45, 2.75) is 19.4 Å². The van der Waals surface area contributed by atoms with E-state index in [-0.39, 0.29) is 11.5 Å². The van der Waals surface area contributed by atoms with Crippen LogP contribution in [0.5, 0.6) is 0 Å². The van der Waals surface area contributed by atoms with Crippen molar-refractivity contribution in [2.75, 3.05) is 13.1 Å². The zero-order valence-electron chi connectivity index (χ0n) is 11.6. The number of fused-ring (bicyclic) bond motifs is 1. The molecule has 21 heavy (non-hydrogen) atoms. The number of likely N-dealkylation sites (tertiary alicyclic amines) is 1. The molecule has 1 aliphatic rings. The summed E-state index contributed by atoms with van der Waals surface area (Å²) < 4.78 is 0. The Morgan fingerprint density at radius 1 is 1.33 bits per heavy atom. The zero-order chi connectivity index (χ0) is 14.8. The maximum atomic E-state index is 12.0. The smallest absolute Gasteiger partial charge is 0.306 e. The Morgan fingerprint density at radius 2 is 2.05 bits per heavy atom. The van der Waals surface area contributed by atoms with Gasteiger partial charge in [-0.1, -0.05) is 12.1 Å². The number of nitrogens with zero attached hydrogens (tertiary/aromatic N) is 2. The first-order valence-electron chi connectivity index (χ1n) is 7.06. The van der Waals surface area contributed by atoms with E-state index in [1.165, 1.54) is 0 Å². The molecule has 1 fully saturated rings. The molecule has 1 aromatic carbocycles. The SMILES string of the molecule is O=C(O)C1CCN(Cc2nc3ccccc3[nH]c2=O)CC1. The maximum absolute atomic E-state index is 12.0. The molecule has 1 aliphatic heterocycles. The molecule has 0 radical (unpaired) electrons. The number of aromatic amines is 1. The molecule has 2 aromatic rings. The largest absolute Gasteiger partial charge is 0.481 e. The van der Waals surface area contributed by atoms with Crippen LogP contribution in [-0.4, -0.2) is 39.0 Å². The van der Waals surface area contributed by atoms with Gasteiger partial charge in [0.2, 0.25) is 0 Å². The molecule has 3 rings (SSSR count). The highest BCUT2D eigenvalue weighted by Crippen LogP contribution is 2.18. The molecule has 0 aliphatic carbocycles. The summed E-state index contributed by atoms with van der Waals surface area (Å²) in [7, 11) is 0. The van der Waals surface area contributed by atoms with Gasteiger partial charge >= 0.3 is 5.97 Å². The molecule has 0 unspecified atom stereocenters. The van der Waals surface area contributed by atoms with Crippen LogP contribution < -0.4 is 5.56 Å². The highest BCUT2D eigenvalue weighted by Gasteiger charge is 2.25. The van der Waals surface area contributed by atoms with Crippen molar-refractivity contribution >= 4 is 17.0 Å². The van der Waals surface area contributed by atoms with Crippen molar-refractivity contribution in [1.82, 2.24) is 14.9 Å². The lowest BCUT2D eigenvalue weighted by Crippen LogP contribution is -2.37. The molecule has 6 heteroatoms. The Labute approximate surface area is 121 Å². The Hall–Kier alpha value is -2.21. The van der Waals surface area contributed by atoms with Crippen molar-refractivity contribution < 1.29 is 9.90 Å². The molecule has 1 aromatic heterocycles. The third-order valence-corrected chi connectivity index (χ3v) is 3.98. The summed E-state index contributed by atoms with van der Waals surface area (Å²) in [6.07, 6.45) is 1.25. The number of piperidine rings is 1. The number of para-hydroxylation sites is 2.